The Balaban J connectivity index is 1.70. The van der Waals surface area contributed by atoms with Gasteiger partial charge in [0.15, 0.2) is 10.9 Å². The number of nitrogens with one attached hydrogen (secondary N) is 2. The molecule has 0 atom stereocenters. The van der Waals surface area contributed by atoms with Crippen molar-refractivity contribution in [3.63, 3.8) is 0 Å². The largest absolute Gasteiger partial charge is 0.458 e. The summed E-state index contributed by atoms with van der Waals surface area (Å²) < 4.78 is 5.61. The number of furan rings is 1. The zero-order chi connectivity index (χ0) is 20.3. The van der Waals surface area contributed by atoms with E-state index in [0.29, 0.717) is 22.3 Å². The second-order valence-electron chi connectivity index (χ2n) is 5.59. The summed E-state index contributed by atoms with van der Waals surface area (Å²) in [4.78, 5) is 37.7. The number of nitro benzene ring substituents is 1. The lowest BCUT2D eigenvalue weighted by Crippen LogP contribution is -2.18. The molecule has 0 fully saturated rings. The molecule has 0 aliphatic rings. The predicted molar refractivity (Wildman–Crippen MR) is 103 cm³/mol. The third-order valence-corrected chi connectivity index (χ3v) is 4.63. The SMILES string of the molecule is CC(=O)NCc1ccc(-c2csc(NC(=O)c3ccc([N+](=O)[O-])cc3Cl)n2)o1. The van der Waals surface area contributed by atoms with E-state index in [1.54, 1.807) is 17.5 Å². The van der Waals surface area contributed by atoms with Crippen molar-refractivity contribution in [2.24, 2.45) is 0 Å². The van der Waals surface area contributed by atoms with Crippen molar-refractivity contribution in [1.29, 1.82) is 0 Å². The van der Waals surface area contributed by atoms with Gasteiger partial charge in [-0.2, -0.15) is 0 Å². The van der Waals surface area contributed by atoms with Crippen molar-refractivity contribution < 1.29 is 18.9 Å². The Bertz CT molecular complexity index is 1060. The molecular weight excluding hydrogens is 408 g/mol. The van der Waals surface area contributed by atoms with Crippen LogP contribution >= 0.6 is 22.9 Å². The van der Waals surface area contributed by atoms with Gasteiger partial charge in [-0.25, -0.2) is 4.98 Å². The summed E-state index contributed by atoms with van der Waals surface area (Å²) in [6.07, 6.45) is 0. The lowest BCUT2D eigenvalue weighted by Gasteiger charge is -2.03. The molecule has 3 aromatic rings. The molecule has 0 spiro atoms. The van der Waals surface area contributed by atoms with Crippen LogP contribution in [0.3, 0.4) is 0 Å². The third kappa shape index (κ3) is 4.53. The van der Waals surface area contributed by atoms with E-state index in [1.165, 1.54) is 30.4 Å². The molecule has 2 heterocycles. The van der Waals surface area contributed by atoms with Crippen molar-refractivity contribution in [2.75, 3.05) is 5.32 Å². The van der Waals surface area contributed by atoms with E-state index in [2.05, 4.69) is 15.6 Å². The van der Waals surface area contributed by atoms with Gasteiger partial charge in [-0.15, -0.1) is 11.3 Å². The number of carbonyl (C=O) groups excluding carboxylic acids is 2. The summed E-state index contributed by atoms with van der Waals surface area (Å²) in [7, 11) is 0. The van der Waals surface area contributed by atoms with Crippen LogP contribution < -0.4 is 10.6 Å². The number of aromatic nitrogens is 1. The lowest BCUT2D eigenvalue weighted by molar-refractivity contribution is -0.384. The molecule has 3 rings (SSSR count). The standard InChI is InChI=1S/C17H13ClN4O5S/c1-9(23)19-7-11-3-5-15(27-11)14-8-28-17(20-14)21-16(24)12-4-2-10(22(25)26)6-13(12)18/h2-6,8H,7H2,1H3,(H,19,23)(H,20,21,24). The second-order valence-corrected chi connectivity index (χ2v) is 6.85. The minimum Gasteiger partial charge on any atom is -0.458 e. The van der Waals surface area contributed by atoms with E-state index >= 15 is 0 Å². The molecule has 2 aromatic heterocycles. The van der Waals surface area contributed by atoms with Crippen LogP contribution in [0.4, 0.5) is 10.8 Å². The summed E-state index contributed by atoms with van der Waals surface area (Å²) in [5.41, 5.74) is 0.412. The first kappa shape index (κ1) is 19.5. The van der Waals surface area contributed by atoms with Gasteiger partial charge < -0.3 is 9.73 Å². The highest BCUT2D eigenvalue weighted by Crippen LogP contribution is 2.28. The van der Waals surface area contributed by atoms with Crippen LogP contribution in [0.25, 0.3) is 11.5 Å². The second kappa shape index (κ2) is 8.19. The van der Waals surface area contributed by atoms with Crippen LogP contribution in [0.15, 0.2) is 40.1 Å². The van der Waals surface area contributed by atoms with Gasteiger partial charge in [0, 0.05) is 24.4 Å². The number of anilines is 1. The number of amides is 2. The molecule has 28 heavy (non-hydrogen) atoms. The topological polar surface area (TPSA) is 127 Å². The fourth-order valence-electron chi connectivity index (χ4n) is 2.23. The molecule has 144 valence electrons. The number of nitrogens with zero attached hydrogens (tertiary/aromatic N) is 2. The Morgan fingerprint density at radius 3 is 2.79 bits per heavy atom. The van der Waals surface area contributed by atoms with Gasteiger partial charge in [-0.3, -0.25) is 25.0 Å². The quantitative estimate of drug-likeness (QED) is 0.460. The Kier molecular flexibility index (Phi) is 5.71. The van der Waals surface area contributed by atoms with Crippen molar-refractivity contribution in [3.8, 4) is 11.5 Å². The van der Waals surface area contributed by atoms with Gasteiger partial charge in [0.1, 0.15) is 11.5 Å². The molecule has 0 saturated heterocycles. The van der Waals surface area contributed by atoms with Gasteiger partial charge in [-0.1, -0.05) is 11.6 Å². The minimum absolute atomic E-state index is 0.0304. The fraction of sp³-hybridized carbons (Fsp3) is 0.118. The summed E-state index contributed by atoms with van der Waals surface area (Å²) in [5, 5.41) is 18.0. The number of halogens is 1. The Morgan fingerprint density at radius 1 is 1.32 bits per heavy atom. The lowest BCUT2D eigenvalue weighted by atomic mass is 10.2. The van der Waals surface area contributed by atoms with E-state index in [-0.39, 0.29) is 28.7 Å². The predicted octanol–water partition coefficient (Wildman–Crippen LogP) is 3.85. The molecule has 11 heteroatoms. The van der Waals surface area contributed by atoms with Crippen LogP contribution in [0.1, 0.15) is 23.0 Å². The highest BCUT2D eigenvalue weighted by molar-refractivity contribution is 7.14. The Hall–Kier alpha value is -3.24. The number of thiazole rings is 1. The molecule has 0 radical (unpaired) electrons. The maximum Gasteiger partial charge on any atom is 0.270 e. The van der Waals surface area contributed by atoms with Gasteiger partial charge in [0.2, 0.25) is 5.91 Å². The number of rotatable bonds is 6. The summed E-state index contributed by atoms with van der Waals surface area (Å²) in [5.74, 6) is 0.361. The number of nitro groups is 1. The van der Waals surface area contributed by atoms with Crippen molar-refractivity contribution in [1.82, 2.24) is 10.3 Å². The average Bonchev–Trinajstić information content (AvgIpc) is 3.28. The maximum absolute atomic E-state index is 12.4. The molecule has 0 aliphatic carbocycles. The first-order valence-electron chi connectivity index (χ1n) is 7.88. The molecule has 0 saturated carbocycles. The number of benzene rings is 1. The van der Waals surface area contributed by atoms with E-state index in [1.807, 2.05) is 0 Å². The minimum atomic E-state index is -0.593. The highest BCUT2D eigenvalue weighted by Gasteiger charge is 2.17. The number of hydrogen-bond acceptors (Lipinski definition) is 7. The number of non-ortho nitro benzene ring substituents is 1. The van der Waals surface area contributed by atoms with E-state index in [4.69, 9.17) is 16.0 Å². The van der Waals surface area contributed by atoms with Crippen LogP contribution in [-0.4, -0.2) is 21.7 Å². The Labute approximate surface area is 167 Å². The first-order valence-corrected chi connectivity index (χ1v) is 9.13. The normalized spacial score (nSPS) is 10.5. The molecule has 0 aliphatic heterocycles. The van der Waals surface area contributed by atoms with Crippen LogP contribution in [0.5, 0.6) is 0 Å². The molecule has 0 unspecified atom stereocenters. The van der Waals surface area contributed by atoms with Crippen molar-refractivity contribution in [2.45, 2.75) is 13.5 Å². The van der Waals surface area contributed by atoms with Gasteiger partial charge in [0.25, 0.3) is 11.6 Å². The molecule has 9 nitrogen and oxygen atoms in total. The zero-order valence-corrected chi connectivity index (χ0v) is 16.0. The molecule has 1 aromatic carbocycles. The van der Waals surface area contributed by atoms with E-state index in [9.17, 15) is 19.7 Å². The molecule has 2 amide bonds. The average molecular weight is 421 g/mol. The number of carbonyl (C=O) groups is 2. The van der Waals surface area contributed by atoms with Crippen LogP contribution in [0, 0.1) is 10.1 Å². The van der Waals surface area contributed by atoms with Crippen LogP contribution in [-0.2, 0) is 11.3 Å². The molecular formula is C17H13ClN4O5S. The van der Waals surface area contributed by atoms with Gasteiger partial charge in [0.05, 0.1) is 22.1 Å². The highest BCUT2D eigenvalue weighted by atomic mass is 35.5. The zero-order valence-electron chi connectivity index (χ0n) is 14.4. The summed E-state index contributed by atoms with van der Waals surface area (Å²) >= 11 is 7.15. The molecule has 2 N–H and O–H groups in total. The van der Waals surface area contributed by atoms with E-state index in [0.717, 1.165) is 6.07 Å². The first-order chi connectivity index (χ1) is 13.3. The van der Waals surface area contributed by atoms with Crippen LogP contribution in [0.2, 0.25) is 5.02 Å². The van der Waals surface area contributed by atoms with Crippen molar-refractivity contribution >= 4 is 45.6 Å². The Morgan fingerprint density at radius 2 is 2.11 bits per heavy atom. The third-order valence-electron chi connectivity index (χ3n) is 3.56. The number of hydrogen-bond donors (Lipinski definition) is 2. The summed E-state index contributed by atoms with van der Waals surface area (Å²) in [6, 6.07) is 7.03. The molecule has 0 bridgehead atoms. The van der Waals surface area contributed by atoms with Crippen molar-refractivity contribution in [3.05, 3.63) is 62.2 Å². The fourth-order valence-corrected chi connectivity index (χ4v) is 3.19. The van der Waals surface area contributed by atoms with Gasteiger partial charge >= 0.3 is 0 Å². The van der Waals surface area contributed by atoms with Gasteiger partial charge in [-0.05, 0) is 18.2 Å². The monoisotopic (exact) mass is 420 g/mol. The smallest absolute Gasteiger partial charge is 0.270 e. The summed E-state index contributed by atoms with van der Waals surface area (Å²) in [6.45, 7) is 1.68. The van der Waals surface area contributed by atoms with E-state index < -0.39 is 10.8 Å². The maximum atomic E-state index is 12.4.